The summed E-state index contributed by atoms with van der Waals surface area (Å²) >= 11 is 13.9. The Morgan fingerprint density at radius 1 is 1.09 bits per heavy atom. The van der Waals surface area contributed by atoms with Crippen LogP contribution < -0.4 is 15.5 Å². The maximum absolute atomic E-state index is 11.2. The topological polar surface area (TPSA) is 83.0 Å². The van der Waals surface area contributed by atoms with Crippen molar-refractivity contribution in [2.45, 2.75) is 20.4 Å². The van der Waals surface area contributed by atoms with Gasteiger partial charge >= 0.3 is 0 Å². The molecule has 2 N–H and O–H groups in total. The van der Waals surface area contributed by atoms with Gasteiger partial charge in [-0.2, -0.15) is 0 Å². The zero-order valence-electron chi connectivity index (χ0n) is 18.8. The van der Waals surface area contributed by atoms with E-state index >= 15 is 0 Å². The van der Waals surface area contributed by atoms with E-state index in [1.807, 2.05) is 61.3 Å². The van der Waals surface area contributed by atoms with Crippen molar-refractivity contribution in [2.75, 3.05) is 17.3 Å². The second-order valence-electron chi connectivity index (χ2n) is 7.60. The number of aromatic nitrogens is 3. The van der Waals surface area contributed by atoms with E-state index in [-0.39, 0.29) is 5.91 Å². The molecule has 174 valence electrons. The van der Waals surface area contributed by atoms with Crippen LogP contribution in [0.5, 0.6) is 0 Å². The number of aryl methyl sites for hydroxylation is 1. The van der Waals surface area contributed by atoms with Gasteiger partial charge < -0.3 is 15.5 Å². The highest BCUT2D eigenvalue weighted by Crippen LogP contribution is 2.37. The van der Waals surface area contributed by atoms with E-state index in [9.17, 15) is 4.79 Å². The Kier molecular flexibility index (Phi) is 7.31. The molecule has 0 saturated heterocycles. The first kappa shape index (κ1) is 23.9. The van der Waals surface area contributed by atoms with Crippen molar-refractivity contribution in [2.24, 2.45) is 0 Å². The molecule has 4 aromatic rings. The summed E-state index contributed by atoms with van der Waals surface area (Å²) in [5.41, 5.74) is 4.29. The highest BCUT2D eigenvalue weighted by Gasteiger charge is 2.16. The highest BCUT2D eigenvalue weighted by atomic mass is 35.5. The molecule has 34 heavy (non-hydrogen) atoms. The number of carbonyl (C=O) groups excluding carboxylic acids is 1. The van der Waals surface area contributed by atoms with Crippen molar-refractivity contribution in [3.05, 3.63) is 76.0 Å². The molecule has 0 aliphatic rings. The van der Waals surface area contributed by atoms with E-state index in [0.29, 0.717) is 22.5 Å². The molecule has 0 spiro atoms. The van der Waals surface area contributed by atoms with Crippen LogP contribution in [0.1, 0.15) is 18.2 Å². The molecular weight excluding hydrogens is 491 g/mol. The summed E-state index contributed by atoms with van der Waals surface area (Å²) in [6, 6.07) is 15.0. The van der Waals surface area contributed by atoms with Crippen molar-refractivity contribution in [1.82, 2.24) is 20.3 Å². The molecule has 0 fully saturated rings. The van der Waals surface area contributed by atoms with Crippen molar-refractivity contribution < 1.29 is 4.79 Å². The van der Waals surface area contributed by atoms with Gasteiger partial charge in [-0.15, -0.1) is 0 Å². The van der Waals surface area contributed by atoms with Crippen LogP contribution in [-0.4, -0.2) is 27.9 Å². The first-order valence-electron chi connectivity index (χ1n) is 10.4. The van der Waals surface area contributed by atoms with Crippen LogP contribution in [0.4, 0.5) is 22.5 Å². The summed E-state index contributed by atoms with van der Waals surface area (Å²) in [6.07, 6.45) is 1.71. The summed E-state index contributed by atoms with van der Waals surface area (Å²) in [4.78, 5) is 27.8. The Labute approximate surface area is 211 Å². The molecule has 0 unspecified atom stereocenters. The summed E-state index contributed by atoms with van der Waals surface area (Å²) in [5, 5.41) is 7.96. The summed E-state index contributed by atoms with van der Waals surface area (Å²) in [7, 11) is 1.92. The molecule has 10 heteroatoms. The quantitative estimate of drug-likeness (QED) is 0.299. The maximum atomic E-state index is 11.2. The summed E-state index contributed by atoms with van der Waals surface area (Å²) < 4.78 is 0. The Hall–Kier alpha value is -3.20. The second kappa shape index (κ2) is 10.4. The van der Waals surface area contributed by atoms with E-state index in [4.69, 9.17) is 33.2 Å². The third-order valence-corrected chi connectivity index (χ3v) is 6.61. The van der Waals surface area contributed by atoms with Gasteiger partial charge in [-0.3, -0.25) is 4.79 Å². The van der Waals surface area contributed by atoms with E-state index in [0.717, 1.165) is 38.3 Å². The zero-order chi connectivity index (χ0) is 24.2. The molecule has 0 saturated carbocycles. The van der Waals surface area contributed by atoms with Gasteiger partial charge in [-0.1, -0.05) is 46.7 Å². The van der Waals surface area contributed by atoms with Crippen molar-refractivity contribution >= 4 is 62.9 Å². The van der Waals surface area contributed by atoms with Crippen molar-refractivity contribution in [3.63, 3.8) is 0 Å². The molecule has 7 nitrogen and oxygen atoms in total. The molecule has 4 rings (SSSR count). The largest absolute Gasteiger partial charge is 0.352 e. The molecule has 2 heterocycles. The average molecular weight is 513 g/mol. The van der Waals surface area contributed by atoms with Gasteiger partial charge in [0.15, 0.2) is 5.13 Å². The van der Waals surface area contributed by atoms with Gasteiger partial charge in [0.2, 0.25) is 11.9 Å². The highest BCUT2D eigenvalue weighted by molar-refractivity contribution is 7.19. The fraction of sp³-hybridized carbons (Fsp3) is 0.167. The number of carbonyl (C=O) groups is 1. The van der Waals surface area contributed by atoms with Gasteiger partial charge in [0.1, 0.15) is 0 Å². The number of nitrogens with zero attached hydrogens (tertiary/aromatic N) is 4. The molecule has 1 amide bonds. The van der Waals surface area contributed by atoms with E-state index < -0.39 is 0 Å². The number of rotatable bonds is 7. The Morgan fingerprint density at radius 3 is 2.59 bits per heavy atom. The third-order valence-electron chi connectivity index (χ3n) is 4.92. The Morgan fingerprint density at radius 2 is 1.85 bits per heavy atom. The number of benzene rings is 2. The number of hydrogen-bond acceptors (Lipinski definition) is 7. The number of anilines is 4. The van der Waals surface area contributed by atoms with Crippen LogP contribution >= 0.6 is 34.5 Å². The zero-order valence-corrected chi connectivity index (χ0v) is 21.1. The minimum atomic E-state index is -0.0715. The van der Waals surface area contributed by atoms with E-state index in [1.54, 1.807) is 12.3 Å². The average Bonchev–Trinajstić information content (AvgIpc) is 3.18. The van der Waals surface area contributed by atoms with Gasteiger partial charge in [-0.05, 0) is 48.9 Å². The molecule has 0 aliphatic heterocycles. The lowest BCUT2D eigenvalue weighted by molar-refractivity contribution is -0.119. The molecule has 0 radical (unpaired) electrons. The molecular formula is C24H22Cl2N6OS. The van der Waals surface area contributed by atoms with Gasteiger partial charge in [0.05, 0.1) is 16.3 Å². The number of hydrogen-bond donors (Lipinski definition) is 2. The first-order valence-corrected chi connectivity index (χ1v) is 12.0. The number of nitrogens with one attached hydrogen (secondary N) is 2. The van der Waals surface area contributed by atoms with Gasteiger partial charge in [-0.25, -0.2) is 15.0 Å². The minimum absolute atomic E-state index is 0.0715. The van der Waals surface area contributed by atoms with E-state index in [2.05, 4.69) is 15.6 Å². The number of amides is 1. The summed E-state index contributed by atoms with van der Waals surface area (Å²) in [6.45, 7) is 3.91. The maximum Gasteiger partial charge on any atom is 0.227 e. The van der Waals surface area contributed by atoms with Crippen LogP contribution in [0.3, 0.4) is 0 Å². The molecule has 0 bridgehead atoms. The van der Waals surface area contributed by atoms with Crippen LogP contribution in [0.2, 0.25) is 10.0 Å². The molecule has 0 aliphatic carbocycles. The number of thiazole rings is 1. The Balaban J connectivity index is 1.56. The predicted molar refractivity (Wildman–Crippen MR) is 140 cm³/mol. The normalized spacial score (nSPS) is 10.7. The SMILES string of the molecule is CC(=O)NCc1cccc(Nc2nccc(-c3sc(N(C)c4cc(Cl)cc(Cl)c4)nc3C)n2)c1. The molecule has 0 atom stereocenters. The smallest absolute Gasteiger partial charge is 0.227 e. The fourth-order valence-electron chi connectivity index (χ4n) is 3.27. The van der Waals surface area contributed by atoms with Crippen LogP contribution in [0.15, 0.2) is 54.7 Å². The fourth-order valence-corrected chi connectivity index (χ4v) is 4.80. The molecule has 2 aromatic heterocycles. The lowest BCUT2D eigenvalue weighted by Crippen LogP contribution is -2.18. The lowest BCUT2D eigenvalue weighted by Gasteiger charge is -2.16. The van der Waals surface area contributed by atoms with E-state index in [1.165, 1.54) is 18.3 Å². The summed E-state index contributed by atoms with van der Waals surface area (Å²) in [5.74, 6) is 0.399. The van der Waals surface area contributed by atoms with Crippen molar-refractivity contribution in [1.29, 1.82) is 0 Å². The Bertz CT molecular complexity index is 1320. The number of halogens is 2. The first-order chi connectivity index (χ1) is 16.3. The predicted octanol–water partition coefficient (Wildman–Crippen LogP) is 6.36. The second-order valence-corrected chi connectivity index (χ2v) is 9.45. The standard InChI is InChI=1S/C24H22Cl2N6OS/c1-14-22(34-24(29-14)32(3)20-11-17(25)10-18(26)12-20)21-7-8-27-23(31-21)30-19-6-4-5-16(9-19)13-28-15(2)33/h4-12H,13H2,1-3H3,(H,28,33)(H,27,30,31). The van der Waals surface area contributed by atoms with Gasteiger partial charge in [0, 0.05) is 48.1 Å². The minimum Gasteiger partial charge on any atom is -0.352 e. The van der Waals surface area contributed by atoms with Crippen LogP contribution in [-0.2, 0) is 11.3 Å². The van der Waals surface area contributed by atoms with Crippen molar-refractivity contribution in [3.8, 4) is 10.6 Å². The van der Waals surface area contributed by atoms with Crippen LogP contribution in [0, 0.1) is 6.92 Å². The molecule has 2 aromatic carbocycles. The van der Waals surface area contributed by atoms with Crippen LogP contribution in [0.25, 0.3) is 10.6 Å². The monoisotopic (exact) mass is 512 g/mol. The van der Waals surface area contributed by atoms with Gasteiger partial charge in [0.25, 0.3) is 0 Å². The third kappa shape index (κ3) is 5.83. The lowest BCUT2D eigenvalue weighted by atomic mass is 10.2.